The molecule has 0 radical (unpaired) electrons. The summed E-state index contributed by atoms with van der Waals surface area (Å²) in [5.41, 5.74) is 6.22. The number of esters is 2. The molecule has 3 aliphatic carbocycles. The number of hydrogen-bond donors (Lipinski definition) is 2. The van der Waals surface area contributed by atoms with Crippen LogP contribution in [0.3, 0.4) is 0 Å². The molecule has 11 heteroatoms. The van der Waals surface area contributed by atoms with Gasteiger partial charge >= 0.3 is 19.1 Å². The number of hydrogen-bond acceptors (Lipinski definition) is 9. The minimum atomic E-state index is -1.06. The predicted molar refractivity (Wildman–Crippen MR) is 182 cm³/mol. The van der Waals surface area contributed by atoms with Crippen LogP contribution in [-0.4, -0.2) is 60.9 Å². The van der Waals surface area contributed by atoms with Gasteiger partial charge < -0.3 is 34.6 Å². The Morgan fingerprint density at radius 2 is 1.67 bits per heavy atom. The number of carbonyl (C=O) groups is 3. The van der Waals surface area contributed by atoms with Crippen molar-refractivity contribution in [3.8, 4) is 5.75 Å². The number of nitrogens with two attached hydrogens (primary N) is 1. The van der Waals surface area contributed by atoms with Gasteiger partial charge in [0.25, 0.3) is 5.91 Å². The fraction of sp³-hybridized carbons (Fsp3) is 0.595. The number of carbonyl (C=O) groups excluding carboxylic acids is 3. The zero-order valence-electron chi connectivity index (χ0n) is 30.0. The van der Waals surface area contributed by atoms with Gasteiger partial charge in [0.2, 0.25) is 0 Å². The highest BCUT2D eigenvalue weighted by molar-refractivity contribution is 6.48. The number of amides is 1. The Morgan fingerprint density at radius 3 is 2.29 bits per heavy atom. The van der Waals surface area contributed by atoms with Crippen molar-refractivity contribution >= 4 is 25.0 Å². The lowest BCUT2D eigenvalue weighted by Gasteiger charge is -2.64. The van der Waals surface area contributed by atoms with Gasteiger partial charge in [-0.25, -0.2) is 9.59 Å². The van der Waals surface area contributed by atoms with E-state index in [0.717, 1.165) is 12.8 Å². The molecule has 48 heavy (non-hydrogen) atoms. The topological polar surface area (TPSA) is 135 Å². The third-order valence-corrected chi connectivity index (χ3v) is 10.1. The zero-order chi connectivity index (χ0) is 35.4. The molecule has 6 atom stereocenters. The third-order valence-electron chi connectivity index (χ3n) is 10.1. The first kappa shape index (κ1) is 35.9. The standard InChI is InChI=1S/C37H51BN2O8/c1-34(2,3)45-32(42)25-16-12-14-22(30(25)44-10)18-28(38-47-27-20-24-19-26(36(24,7)8)37(27,9)48-38)40-31(41)23-15-11-13-21(17-23)29(39)33(43)46-35(4,5)6/h11-17,24,26-29H,18-20,39H2,1-10H3,(H,40,41). The van der Waals surface area contributed by atoms with Crippen LogP contribution in [0.2, 0.25) is 0 Å². The van der Waals surface area contributed by atoms with Crippen molar-refractivity contribution < 1.29 is 37.9 Å². The van der Waals surface area contributed by atoms with E-state index in [1.165, 1.54) is 7.11 Å². The lowest BCUT2D eigenvalue weighted by molar-refractivity contribution is -0.199. The Kier molecular flexibility index (Phi) is 9.57. The molecule has 260 valence electrons. The molecule has 1 saturated heterocycles. The van der Waals surface area contributed by atoms with Crippen molar-refractivity contribution in [2.75, 3.05) is 7.11 Å². The maximum absolute atomic E-state index is 13.9. The normalized spacial score (nSPS) is 25.6. The molecule has 6 rings (SSSR count). The van der Waals surface area contributed by atoms with E-state index >= 15 is 0 Å². The second-order valence-corrected chi connectivity index (χ2v) is 16.3. The molecule has 3 saturated carbocycles. The first-order valence-electron chi connectivity index (χ1n) is 16.9. The highest BCUT2D eigenvalue weighted by atomic mass is 16.7. The van der Waals surface area contributed by atoms with Gasteiger partial charge in [-0.15, -0.1) is 0 Å². The summed E-state index contributed by atoms with van der Waals surface area (Å²) in [6.07, 6.45) is 2.11. The van der Waals surface area contributed by atoms with E-state index in [4.69, 9.17) is 29.3 Å². The fourth-order valence-electron chi connectivity index (χ4n) is 7.63. The number of para-hydroxylation sites is 1. The summed E-state index contributed by atoms with van der Waals surface area (Å²) in [5, 5.41) is 3.15. The SMILES string of the molecule is COc1c(CC(NC(=O)c2cccc(C(N)C(=O)OC(C)(C)C)c2)B2OC3CC4CC(C4(C)C)C3(C)O2)cccc1C(=O)OC(C)(C)C. The average Bonchev–Trinajstić information content (AvgIpc) is 3.35. The van der Waals surface area contributed by atoms with E-state index in [1.54, 1.807) is 57.2 Å². The first-order chi connectivity index (χ1) is 22.2. The molecule has 4 aliphatic rings. The summed E-state index contributed by atoms with van der Waals surface area (Å²) in [6, 6.07) is 10.9. The van der Waals surface area contributed by atoms with Crippen LogP contribution in [0.15, 0.2) is 42.5 Å². The number of nitrogens with one attached hydrogen (secondary N) is 1. The number of ether oxygens (including phenoxy) is 3. The third kappa shape index (κ3) is 7.14. The van der Waals surface area contributed by atoms with E-state index < -0.39 is 53.8 Å². The van der Waals surface area contributed by atoms with Gasteiger partial charge in [-0.1, -0.05) is 38.1 Å². The van der Waals surface area contributed by atoms with Crippen molar-refractivity contribution in [1.29, 1.82) is 0 Å². The van der Waals surface area contributed by atoms with Crippen LogP contribution >= 0.6 is 0 Å². The zero-order valence-corrected chi connectivity index (χ0v) is 30.0. The van der Waals surface area contributed by atoms with Crippen molar-refractivity contribution in [3.05, 3.63) is 64.7 Å². The van der Waals surface area contributed by atoms with Gasteiger partial charge in [0, 0.05) is 5.56 Å². The molecule has 1 heterocycles. The van der Waals surface area contributed by atoms with E-state index in [-0.39, 0.29) is 23.5 Å². The van der Waals surface area contributed by atoms with Crippen molar-refractivity contribution in [2.45, 2.75) is 116 Å². The molecule has 2 aromatic rings. The number of rotatable bonds is 9. The van der Waals surface area contributed by atoms with Crippen molar-refractivity contribution in [3.63, 3.8) is 0 Å². The second-order valence-electron chi connectivity index (χ2n) is 16.3. The Bertz CT molecular complexity index is 1560. The highest BCUT2D eigenvalue weighted by Gasteiger charge is 2.68. The molecule has 6 unspecified atom stereocenters. The minimum absolute atomic E-state index is 0.108. The monoisotopic (exact) mass is 662 g/mol. The summed E-state index contributed by atoms with van der Waals surface area (Å²) >= 11 is 0. The summed E-state index contributed by atoms with van der Waals surface area (Å²) < 4.78 is 30.4. The summed E-state index contributed by atoms with van der Waals surface area (Å²) in [7, 11) is 0.744. The van der Waals surface area contributed by atoms with Crippen LogP contribution in [0.1, 0.15) is 113 Å². The highest BCUT2D eigenvalue weighted by Crippen LogP contribution is 2.65. The van der Waals surface area contributed by atoms with Gasteiger partial charge in [-0.05, 0) is 114 Å². The second kappa shape index (κ2) is 12.8. The molecule has 10 nitrogen and oxygen atoms in total. The maximum atomic E-state index is 13.9. The molecule has 0 aromatic heterocycles. The Labute approximate surface area is 284 Å². The first-order valence-corrected chi connectivity index (χ1v) is 16.9. The summed E-state index contributed by atoms with van der Waals surface area (Å²) in [5.74, 6) is -0.900. The Balaban J connectivity index is 1.45. The van der Waals surface area contributed by atoms with Gasteiger partial charge in [-0.3, -0.25) is 4.79 Å². The van der Waals surface area contributed by atoms with E-state index in [2.05, 4.69) is 26.1 Å². The van der Waals surface area contributed by atoms with Crippen molar-refractivity contribution in [2.24, 2.45) is 23.0 Å². The fourth-order valence-corrected chi connectivity index (χ4v) is 7.63. The molecular formula is C37H51BN2O8. The van der Waals surface area contributed by atoms with Crippen LogP contribution in [-0.2, 0) is 30.0 Å². The lowest BCUT2D eigenvalue weighted by Crippen LogP contribution is -2.65. The van der Waals surface area contributed by atoms with Crippen LogP contribution in [0.4, 0.5) is 0 Å². The van der Waals surface area contributed by atoms with Gasteiger partial charge in [0.05, 0.1) is 24.8 Å². The molecule has 3 N–H and O–H groups in total. The van der Waals surface area contributed by atoms with E-state index in [0.29, 0.717) is 34.3 Å². The maximum Gasteiger partial charge on any atom is 0.482 e. The summed E-state index contributed by atoms with van der Waals surface area (Å²) in [6.45, 7) is 17.5. The molecule has 4 fully saturated rings. The minimum Gasteiger partial charge on any atom is -0.496 e. The van der Waals surface area contributed by atoms with Crippen molar-refractivity contribution in [1.82, 2.24) is 5.32 Å². The molecule has 1 amide bonds. The van der Waals surface area contributed by atoms with Crippen LogP contribution < -0.4 is 15.8 Å². The molecule has 2 bridgehead atoms. The predicted octanol–water partition coefficient (Wildman–Crippen LogP) is 5.60. The number of benzene rings is 2. The van der Waals surface area contributed by atoms with Gasteiger partial charge in [0.15, 0.2) is 0 Å². The number of methoxy groups -OCH3 is 1. The Hall–Kier alpha value is -3.41. The molecule has 0 spiro atoms. The molecule has 2 aromatic carbocycles. The lowest BCUT2D eigenvalue weighted by atomic mass is 9.43. The Morgan fingerprint density at radius 1 is 1.00 bits per heavy atom. The smallest absolute Gasteiger partial charge is 0.482 e. The molecule has 1 aliphatic heterocycles. The van der Waals surface area contributed by atoms with Gasteiger partial charge in [-0.2, -0.15) is 0 Å². The average molecular weight is 663 g/mol. The van der Waals surface area contributed by atoms with Crippen LogP contribution in [0, 0.1) is 17.3 Å². The van der Waals surface area contributed by atoms with Crippen LogP contribution in [0.5, 0.6) is 5.75 Å². The largest absolute Gasteiger partial charge is 0.496 e. The van der Waals surface area contributed by atoms with Gasteiger partial charge in [0.1, 0.15) is 28.6 Å². The van der Waals surface area contributed by atoms with E-state index in [1.807, 2.05) is 26.8 Å². The van der Waals surface area contributed by atoms with Crippen LogP contribution in [0.25, 0.3) is 0 Å². The van der Waals surface area contributed by atoms with E-state index in [9.17, 15) is 14.4 Å². The quantitative estimate of drug-likeness (QED) is 0.260. The molecular weight excluding hydrogens is 611 g/mol. The summed E-state index contributed by atoms with van der Waals surface area (Å²) in [4.78, 5) is 39.8.